The van der Waals surface area contributed by atoms with Gasteiger partial charge in [-0.1, -0.05) is 12.2 Å². The zero-order valence-electron chi connectivity index (χ0n) is 8.06. The van der Waals surface area contributed by atoms with E-state index in [1.54, 1.807) is 0 Å². The van der Waals surface area contributed by atoms with Gasteiger partial charge in [0.25, 0.3) is 0 Å². The van der Waals surface area contributed by atoms with E-state index in [1.807, 2.05) is 12.2 Å². The fraction of sp³-hybridized carbons (Fsp3) is 0.700. The van der Waals surface area contributed by atoms with E-state index in [4.69, 9.17) is 14.9 Å². The van der Waals surface area contributed by atoms with Crippen molar-refractivity contribution in [2.75, 3.05) is 6.61 Å². The summed E-state index contributed by atoms with van der Waals surface area (Å²) in [6.45, 7) is 0.0948. The number of unbranched alkanes of at least 4 members (excludes halogenated alkanes) is 1. The molecule has 1 heterocycles. The van der Waals surface area contributed by atoms with Crippen LogP contribution in [0.3, 0.4) is 0 Å². The average molecular weight is 200 g/mol. The van der Waals surface area contributed by atoms with E-state index >= 15 is 0 Å². The number of hydrogen-bond donors (Lipinski definition) is 2. The van der Waals surface area contributed by atoms with Crippen LogP contribution >= 0.6 is 0 Å². The van der Waals surface area contributed by atoms with Crippen molar-refractivity contribution in [3.63, 3.8) is 0 Å². The minimum Gasteiger partial charge on any atom is -0.481 e. The number of carboxylic acids is 1. The highest BCUT2D eigenvalue weighted by molar-refractivity contribution is 5.66. The third-order valence-electron chi connectivity index (χ3n) is 2.16. The lowest BCUT2D eigenvalue weighted by atomic mass is 10.2. The molecule has 0 aliphatic carbocycles. The first-order valence-electron chi connectivity index (χ1n) is 4.87. The first-order chi connectivity index (χ1) is 6.74. The Labute approximate surface area is 83.2 Å². The number of rotatable bonds is 7. The Kier molecular flexibility index (Phi) is 4.62. The average Bonchev–Trinajstić information content (AvgIpc) is 2.89. The minimum atomic E-state index is -0.746. The molecule has 1 aliphatic rings. The number of allylic oxidation sites excluding steroid dienone is 1. The normalized spacial score (nSPS) is 25.5. The topological polar surface area (TPSA) is 70.1 Å². The first kappa shape index (κ1) is 11.2. The quantitative estimate of drug-likeness (QED) is 0.364. The van der Waals surface area contributed by atoms with E-state index in [-0.39, 0.29) is 25.2 Å². The van der Waals surface area contributed by atoms with Gasteiger partial charge in [-0.3, -0.25) is 4.79 Å². The monoisotopic (exact) mass is 200 g/mol. The molecule has 0 aromatic heterocycles. The fourth-order valence-electron chi connectivity index (χ4n) is 1.27. The number of ether oxygens (including phenoxy) is 1. The van der Waals surface area contributed by atoms with Crippen LogP contribution in [-0.2, 0) is 9.53 Å². The zero-order chi connectivity index (χ0) is 10.4. The predicted octanol–water partition coefficient (Wildman–Crippen LogP) is 0.947. The maximum absolute atomic E-state index is 10.2. The maximum atomic E-state index is 10.2. The van der Waals surface area contributed by atoms with Gasteiger partial charge in [-0.25, -0.2) is 0 Å². The van der Waals surface area contributed by atoms with E-state index in [0.29, 0.717) is 6.42 Å². The second kappa shape index (κ2) is 5.78. The van der Waals surface area contributed by atoms with E-state index in [0.717, 1.165) is 12.8 Å². The van der Waals surface area contributed by atoms with Crippen LogP contribution in [0, 0.1) is 0 Å². The molecule has 0 aromatic carbocycles. The van der Waals surface area contributed by atoms with Gasteiger partial charge in [0.2, 0.25) is 0 Å². The molecule has 80 valence electrons. The Morgan fingerprint density at radius 1 is 1.36 bits per heavy atom. The molecule has 1 rings (SSSR count). The largest absolute Gasteiger partial charge is 0.481 e. The molecule has 0 saturated carbocycles. The van der Waals surface area contributed by atoms with Crippen molar-refractivity contribution < 1.29 is 19.7 Å². The van der Waals surface area contributed by atoms with Gasteiger partial charge in [0.15, 0.2) is 0 Å². The van der Waals surface area contributed by atoms with Crippen LogP contribution < -0.4 is 0 Å². The summed E-state index contributed by atoms with van der Waals surface area (Å²) in [6, 6.07) is 0. The van der Waals surface area contributed by atoms with E-state index in [9.17, 15) is 4.79 Å². The molecule has 4 nitrogen and oxygen atoms in total. The molecular formula is C10H16O4. The number of carbonyl (C=O) groups is 1. The SMILES string of the molecule is O=C(O)CCC/C=C\C[C@H]1O[C@@H]1CO. The summed E-state index contributed by atoms with van der Waals surface area (Å²) in [6.07, 6.45) is 6.68. The molecule has 0 spiro atoms. The van der Waals surface area contributed by atoms with Gasteiger partial charge >= 0.3 is 5.97 Å². The van der Waals surface area contributed by atoms with E-state index in [2.05, 4.69) is 0 Å². The van der Waals surface area contributed by atoms with Crippen LogP contribution in [0.2, 0.25) is 0 Å². The molecule has 0 radical (unpaired) electrons. The van der Waals surface area contributed by atoms with Crippen molar-refractivity contribution in [1.82, 2.24) is 0 Å². The molecule has 1 saturated heterocycles. The summed E-state index contributed by atoms with van der Waals surface area (Å²) >= 11 is 0. The molecule has 0 aromatic rings. The molecule has 2 N–H and O–H groups in total. The van der Waals surface area contributed by atoms with Crippen LogP contribution in [0.15, 0.2) is 12.2 Å². The number of epoxide rings is 1. The van der Waals surface area contributed by atoms with E-state index in [1.165, 1.54) is 0 Å². The van der Waals surface area contributed by atoms with Crippen LogP contribution in [0.4, 0.5) is 0 Å². The van der Waals surface area contributed by atoms with Gasteiger partial charge in [0.05, 0.1) is 12.7 Å². The third-order valence-corrected chi connectivity index (χ3v) is 2.16. The lowest BCUT2D eigenvalue weighted by Crippen LogP contribution is -1.97. The van der Waals surface area contributed by atoms with Gasteiger partial charge in [0.1, 0.15) is 6.10 Å². The standard InChI is InChI=1S/C10H16O4/c11-7-9-8(14-9)5-3-1-2-4-6-10(12)13/h1,3,8-9,11H,2,4-7H2,(H,12,13)/b3-1-/t8-,9-/m1/s1. The molecule has 4 heteroatoms. The smallest absolute Gasteiger partial charge is 0.303 e. The van der Waals surface area contributed by atoms with Crippen molar-refractivity contribution in [1.29, 1.82) is 0 Å². The summed E-state index contributed by atoms with van der Waals surface area (Å²) in [5, 5.41) is 17.0. The van der Waals surface area contributed by atoms with Crippen molar-refractivity contribution in [3.05, 3.63) is 12.2 Å². The highest BCUT2D eigenvalue weighted by atomic mass is 16.6. The van der Waals surface area contributed by atoms with Gasteiger partial charge in [-0.15, -0.1) is 0 Å². The number of carboxylic acid groups (broad SMARTS) is 1. The van der Waals surface area contributed by atoms with Gasteiger partial charge in [-0.05, 0) is 19.3 Å². The molecule has 1 fully saturated rings. The Hall–Kier alpha value is -0.870. The Morgan fingerprint density at radius 2 is 2.14 bits per heavy atom. The van der Waals surface area contributed by atoms with Gasteiger partial charge < -0.3 is 14.9 Å². The second-order valence-electron chi connectivity index (χ2n) is 3.39. The molecule has 2 atom stereocenters. The molecular weight excluding hydrogens is 184 g/mol. The van der Waals surface area contributed by atoms with Crippen LogP contribution in [0.1, 0.15) is 25.7 Å². The minimum absolute atomic E-state index is 0.0265. The number of aliphatic carboxylic acids is 1. The number of hydrogen-bond acceptors (Lipinski definition) is 3. The second-order valence-corrected chi connectivity index (χ2v) is 3.39. The Morgan fingerprint density at radius 3 is 2.71 bits per heavy atom. The zero-order valence-corrected chi connectivity index (χ0v) is 8.06. The molecule has 1 aliphatic heterocycles. The summed E-state index contributed by atoms with van der Waals surface area (Å²) in [5.74, 6) is -0.746. The van der Waals surface area contributed by atoms with Crippen molar-refractivity contribution >= 4 is 5.97 Å². The summed E-state index contributed by atoms with van der Waals surface area (Å²) in [5.41, 5.74) is 0. The highest BCUT2D eigenvalue weighted by Gasteiger charge is 2.36. The molecule has 14 heavy (non-hydrogen) atoms. The predicted molar refractivity (Wildman–Crippen MR) is 51.0 cm³/mol. The van der Waals surface area contributed by atoms with Crippen molar-refractivity contribution in [2.24, 2.45) is 0 Å². The Bertz CT molecular complexity index is 212. The van der Waals surface area contributed by atoms with Gasteiger partial charge in [-0.2, -0.15) is 0 Å². The van der Waals surface area contributed by atoms with Gasteiger partial charge in [0, 0.05) is 6.42 Å². The van der Waals surface area contributed by atoms with Crippen LogP contribution in [-0.4, -0.2) is 35.0 Å². The molecule has 0 bridgehead atoms. The fourth-order valence-corrected chi connectivity index (χ4v) is 1.27. The maximum Gasteiger partial charge on any atom is 0.303 e. The first-order valence-corrected chi connectivity index (χ1v) is 4.87. The lowest BCUT2D eigenvalue weighted by molar-refractivity contribution is -0.137. The van der Waals surface area contributed by atoms with E-state index < -0.39 is 5.97 Å². The summed E-state index contributed by atoms with van der Waals surface area (Å²) in [4.78, 5) is 10.2. The summed E-state index contributed by atoms with van der Waals surface area (Å²) in [7, 11) is 0. The van der Waals surface area contributed by atoms with Crippen molar-refractivity contribution in [3.8, 4) is 0 Å². The molecule has 0 unspecified atom stereocenters. The highest BCUT2D eigenvalue weighted by Crippen LogP contribution is 2.24. The Balaban J connectivity index is 1.92. The van der Waals surface area contributed by atoms with Crippen LogP contribution in [0.5, 0.6) is 0 Å². The number of aliphatic hydroxyl groups is 1. The molecule has 0 amide bonds. The van der Waals surface area contributed by atoms with Crippen molar-refractivity contribution in [2.45, 2.75) is 37.9 Å². The summed E-state index contributed by atoms with van der Waals surface area (Å²) < 4.78 is 5.12. The lowest BCUT2D eigenvalue weighted by Gasteiger charge is -1.90. The third kappa shape index (κ3) is 4.39. The van der Waals surface area contributed by atoms with Crippen LogP contribution in [0.25, 0.3) is 0 Å². The number of aliphatic hydroxyl groups excluding tert-OH is 1.